The average Bonchev–Trinajstić information content (AvgIpc) is 2.33. The number of halogens is 2. The molecule has 1 aliphatic carbocycles. The van der Waals surface area contributed by atoms with E-state index in [0.29, 0.717) is 11.8 Å². The van der Waals surface area contributed by atoms with Crippen molar-refractivity contribution in [3.8, 4) is 0 Å². The maximum absolute atomic E-state index is 13.2. The van der Waals surface area contributed by atoms with Gasteiger partial charge in [-0.05, 0) is 55.7 Å². The summed E-state index contributed by atoms with van der Waals surface area (Å²) in [6.07, 6.45) is 8.82. The lowest BCUT2D eigenvalue weighted by Gasteiger charge is -2.27. The summed E-state index contributed by atoms with van der Waals surface area (Å²) in [4.78, 5) is 0. The number of allylic oxidation sites excluding steroid dienone is 2. The van der Waals surface area contributed by atoms with E-state index in [1.807, 2.05) is 6.92 Å². The summed E-state index contributed by atoms with van der Waals surface area (Å²) >= 11 is 0. The minimum absolute atomic E-state index is 0.375. The second-order valence-corrected chi connectivity index (χ2v) is 4.82. The van der Waals surface area contributed by atoms with Gasteiger partial charge in [0, 0.05) is 0 Å². The molecule has 1 aromatic carbocycles. The highest BCUT2D eigenvalue weighted by Crippen LogP contribution is 2.37. The van der Waals surface area contributed by atoms with E-state index in [1.54, 1.807) is 6.07 Å². The van der Waals surface area contributed by atoms with E-state index in [0.717, 1.165) is 18.4 Å². The highest BCUT2D eigenvalue weighted by molar-refractivity contribution is 5.22. The van der Waals surface area contributed by atoms with Crippen molar-refractivity contribution in [3.63, 3.8) is 0 Å². The van der Waals surface area contributed by atoms with Crippen LogP contribution in [0.1, 0.15) is 44.1 Å². The van der Waals surface area contributed by atoms with Crippen molar-refractivity contribution < 1.29 is 8.78 Å². The minimum Gasteiger partial charge on any atom is -0.204 e. The molecule has 0 bridgehead atoms. The second-order valence-electron chi connectivity index (χ2n) is 4.82. The Bertz CT molecular complexity index is 409. The fourth-order valence-electron chi connectivity index (χ4n) is 2.74. The van der Waals surface area contributed by atoms with E-state index in [-0.39, 0.29) is 0 Å². The van der Waals surface area contributed by atoms with Crippen LogP contribution in [0.3, 0.4) is 0 Å². The minimum atomic E-state index is -0.755. The van der Waals surface area contributed by atoms with Crippen molar-refractivity contribution in [2.45, 2.75) is 38.5 Å². The van der Waals surface area contributed by atoms with Crippen LogP contribution in [0.4, 0.5) is 8.78 Å². The number of rotatable bonds is 2. The van der Waals surface area contributed by atoms with E-state index in [9.17, 15) is 8.78 Å². The third-order valence-corrected chi connectivity index (χ3v) is 3.59. The molecule has 0 heterocycles. The molecule has 2 atom stereocenters. The Kier molecular flexibility index (Phi) is 3.93. The lowest BCUT2D eigenvalue weighted by molar-refractivity contribution is 0.371. The van der Waals surface area contributed by atoms with E-state index >= 15 is 0 Å². The summed E-state index contributed by atoms with van der Waals surface area (Å²) in [5.41, 5.74) is 0.943. The van der Waals surface area contributed by atoms with Crippen LogP contribution in [0.5, 0.6) is 0 Å². The van der Waals surface area contributed by atoms with Gasteiger partial charge in [-0.2, -0.15) is 0 Å². The third kappa shape index (κ3) is 2.93. The Morgan fingerprint density at radius 2 is 2.00 bits per heavy atom. The summed E-state index contributed by atoms with van der Waals surface area (Å²) in [7, 11) is 0. The lowest BCUT2D eigenvalue weighted by atomic mass is 9.78. The maximum atomic E-state index is 13.2. The van der Waals surface area contributed by atoms with Gasteiger partial charge in [0.1, 0.15) is 0 Å². The summed E-state index contributed by atoms with van der Waals surface area (Å²) in [6, 6.07) is 4.32. The van der Waals surface area contributed by atoms with E-state index in [2.05, 4.69) is 12.2 Å². The number of benzene rings is 1. The van der Waals surface area contributed by atoms with Crippen LogP contribution in [-0.2, 0) is 0 Å². The average molecular weight is 236 g/mol. The Morgan fingerprint density at radius 3 is 2.71 bits per heavy atom. The van der Waals surface area contributed by atoms with Crippen molar-refractivity contribution in [2.24, 2.45) is 5.92 Å². The van der Waals surface area contributed by atoms with Crippen LogP contribution in [0.15, 0.2) is 30.4 Å². The predicted molar refractivity (Wildman–Crippen MR) is 65.9 cm³/mol. The first-order valence-corrected chi connectivity index (χ1v) is 6.28. The molecule has 0 radical (unpaired) electrons. The predicted octanol–water partition coefficient (Wildman–Crippen LogP) is 4.81. The molecule has 2 rings (SSSR count). The molecule has 1 fully saturated rings. The molecule has 92 valence electrons. The van der Waals surface area contributed by atoms with Gasteiger partial charge in [0.25, 0.3) is 0 Å². The molecule has 1 aromatic rings. The summed E-state index contributed by atoms with van der Waals surface area (Å²) in [6.45, 7) is 2.03. The molecule has 0 nitrogen and oxygen atoms in total. The quantitative estimate of drug-likeness (QED) is 0.646. The van der Waals surface area contributed by atoms with Gasteiger partial charge < -0.3 is 0 Å². The summed E-state index contributed by atoms with van der Waals surface area (Å²) in [5.74, 6) is -0.517. The van der Waals surface area contributed by atoms with Crippen LogP contribution in [-0.4, -0.2) is 0 Å². The van der Waals surface area contributed by atoms with Gasteiger partial charge in [0.2, 0.25) is 0 Å². The van der Waals surface area contributed by atoms with Crippen molar-refractivity contribution in [2.75, 3.05) is 0 Å². The molecule has 0 spiro atoms. The fourth-order valence-corrected chi connectivity index (χ4v) is 2.74. The molecular weight excluding hydrogens is 218 g/mol. The van der Waals surface area contributed by atoms with Crippen LogP contribution < -0.4 is 0 Å². The first-order valence-electron chi connectivity index (χ1n) is 6.28. The smallest absolute Gasteiger partial charge is 0.159 e. The van der Waals surface area contributed by atoms with Gasteiger partial charge in [-0.15, -0.1) is 0 Å². The summed E-state index contributed by atoms with van der Waals surface area (Å²) in [5, 5.41) is 0. The van der Waals surface area contributed by atoms with Crippen LogP contribution in [0.25, 0.3) is 0 Å². The van der Waals surface area contributed by atoms with Gasteiger partial charge in [-0.1, -0.05) is 24.6 Å². The highest BCUT2D eigenvalue weighted by atomic mass is 19.2. The standard InChI is InChI=1S/C15H18F2/c1-2-4-11-5-3-6-12(9-11)13-7-8-14(16)15(17)10-13/h2,4,7-8,10-12H,3,5-6,9H2,1H3. The van der Waals surface area contributed by atoms with Gasteiger partial charge in [0.05, 0.1) is 0 Å². The van der Waals surface area contributed by atoms with Crippen molar-refractivity contribution in [3.05, 3.63) is 47.5 Å². The number of hydrogen-bond acceptors (Lipinski definition) is 0. The van der Waals surface area contributed by atoms with Gasteiger partial charge in [-0.25, -0.2) is 8.78 Å². The van der Waals surface area contributed by atoms with E-state index in [4.69, 9.17) is 0 Å². The molecule has 2 heteroatoms. The molecule has 17 heavy (non-hydrogen) atoms. The first-order chi connectivity index (χ1) is 8.20. The largest absolute Gasteiger partial charge is 0.204 e. The van der Waals surface area contributed by atoms with E-state index in [1.165, 1.54) is 25.0 Å². The lowest BCUT2D eigenvalue weighted by Crippen LogP contribution is -2.12. The zero-order valence-corrected chi connectivity index (χ0v) is 10.1. The monoisotopic (exact) mass is 236 g/mol. The topological polar surface area (TPSA) is 0 Å². The molecule has 0 amide bonds. The molecule has 1 saturated carbocycles. The van der Waals surface area contributed by atoms with Gasteiger partial charge >= 0.3 is 0 Å². The number of hydrogen-bond donors (Lipinski definition) is 0. The maximum Gasteiger partial charge on any atom is 0.159 e. The normalized spacial score (nSPS) is 25.4. The molecule has 0 N–H and O–H groups in total. The molecule has 0 aromatic heterocycles. The van der Waals surface area contributed by atoms with Crippen molar-refractivity contribution in [1.29, 1.82) is 0 Å². The van der Waals surface area contributed by atoms with Crippen LogP contribution >= 0.6 is 0 Å². The Labute approximate surface area is 101 Å². The fraction of sp³-hybridized carbons (Fsp3) is 0.467. The molecular formula is C15H18F2. The zero-order chi connectivity index (χ0) is 12.3. The van der Waals surface area contributed by atoms with Gasteiger partial charge in [0.15, 0.2) is 11.6 Å². The van der Waals surface area contributed by atoms with Crippen LogP contribution in [0.2, 0.25) is 0 Å². The summed E-state index contributed by atoms with van der Waals surface area (Å²) < 4.78 is 26.1. The van der Waals surface area contributed by atoms with Crippen molar-refractivity contribution in [1.82, 2.24) is 0 Å². The second kappa shape index (κ2) is 5.44. The Morgan fingerprint density at radius 1 is 1.18 bits per heavy atom. The van der Waals surface area contributed by atoms with Crippen molar-refractivity contribution >= 4 is 0 Å². The molecule has 0 aliphatic heterocycles. The first kappa shape index (κ1) is 12.3. The SMILES string of the molecule is CC=CC1CCCC(c2ccc(F)c(F)c2)C1. The van der Waals surface area contributed by atoms with E-state index < -0.39 is 11.6 Å². The molecule has 1 aliphatic rings. The molecule has 0 saturated heterocycles. The Balaban J connectivity index is 2.13. The zero-order valence-electron chi connectivity index (χ0n) is 10.1. The highest BCUT2D eigenvalue weighted by Gasteiger charge is 2.22. The van der Waals surface area contributed by atoms with Crippen LogP contribution in [0, 0.1) is 17.6 Å². The van der Waals surface area contributed by atoms with Gasteiger partial charge in [-0.3, -0.25) is 0 Å². The molecule has 2 unspecified atom stereocenters. The Hall–Kier alpha value is -1.18. The third-order valence-electron chi connectivity index (χ3n) is 3.59.